The highest BCUT2D eigenvalue weighted by Crippen LogP contribution is 2.35. The van der Waals surface area contributed by atoms with Crippen LogP contribution in [0, 0.1) is 5.82 Å². The van der Waals surface area contributed by atoms with E-state index in [-0.39, 0.29) is 44.0 Å². The Labute approximate surface area is 182 Å². The molecule has 2 aromatic rings. The molecule has 0 radical (unpaired) electrons. The number of aliphatic hydroxyl groups is 1. The molecule has 0 aliphatic carbocycles. The molecule has 0 saturated carbocycles. The molecule has 4 rings (SSSR count). The van der Waals surface area contributed by atoms with Gasteiger partial charge < -0.3 is 49.0 Å². The van der Waals surface area contributed by atoms with E-state index in [1.54, 1.807) is 18.2 Å². The van der Waals surface area contributed by atoms with Crippen LogP contribution >= 0.6 is 0 Å². The lowest BCUT2D eigenvalue weighted by atomic mass is 10.2. The number of rotatable bonds is 6. The van der Waals surface area contributed by atoms with Gasteiger partial charge in [-0.15, -0.1) is 0 Å². The summed E-state index contributed by atoms with van der Waals surface area (Å²) in [6.45, 7) is 4.57. The van der Waals surface area contributed by atoms with Crippen molar-refractivity contribution in [3.8, 4) is 17.2 Å². The van der Waals surface area contributed by atoms with Crippen molar-refractivity contribution in [3.63, 3.8) is 0 Å². The molecule has 6 nitrogen and oxygen atoms in total. The van der Waals surface area contributed by atoms with E-state index in [1.165, 1.54) is 15.9 Å². The maximum absolute atomic E-state index is 13.9. The van der Waals surface area contributed by atoms with Crippen LogP contribution in [0.3, 0.4) is 0 Å². The highest BCUT2D eigenvalue weighted by Gasteiger charge is 2.28. The molecule has 0 aromatic heterocycles. The molecule has 2 aromatic carbocycles. The van der Waals surface area contributed by atoms with Crippen molar-refractivity contribution in [2.75, 3.05) is 46.1 Å². The first-order valence-electron chi connectivity index (χ1n) is 9.33. The van der Waals surface area contributed by atoms with Gasteiger partial charge in [-0.2, -0.15) is 0 Å². The Kier molecular flexibility index (Phi) is 8.79. The molecule has 2 aliphatic heterocycles. The Morgan fingerprint density at radius 2 is 1.72 bits per heavy atom. The normalized spacial score (nSPS) is 20.9. The quantitative estimate of drug-likeness (QED) is 0.413. The van der Waals surface area contributed by atoms with Crippen LogP contribution in [0.5, 0.6) is 17.2 Å². The summed E-state index contributed by atoms with van der Waals surface area (Å²) in [5.41, 5.74) is 0.739. The van der Waals surface area contributed by atoms with Crippen molar-refractivity contribution in [1.29, 1.82) is 0 Å². The number of hydrogen-bond donors (Lipinski definition) is 3. The van der Waals surface area contributed by atoms with Crippen molar-refractivity contribution in [1.82, 2.24) is 0 Å². The lowest BCUT2D eigenvalue weighted by Gasteiger charge is -2.30. The number of quaternary nitrogens is 2. The Hall–Kier alpha value is -1.77. The highest BCUT2D eigenvalue weighted by atomic mass is 35.5. The van der Waals surface area contributed by atoms with Crippen LogP contribution in [0.4, 0.5) is 10.1 Å². The van der Waals surface area contributed by atoms with Gasteiger partial charge in [0.1, 0.15) is 51.2 Å². The van der Waals surface area contributed by atoms with Gasteiger partial charge in [-0.3, -0.25) is 4.90 Å². The van der Waals surface area contributed by atoms with Gasteiger partial charge in [-0.25, -0.2) is 4.39 Å². The van der Waals surface area contributed by atoms with Gasteiger partial charge in [0.05, 0.1) is 0 Å². The Bertz CT molecular complexity index is 791. The summed E-state index contributed by atoms with van der Waals surface area (Å²) in [6, 6.07) is 12.3. The third-order valence-electron chi connectivity index (χ3n) is 5.13. The molecular formula is C20H25Cl2FN2O4. The van der Waals surface area contributed by atoms with Crippen molar-refractivity contribution >= 4 is 5.69 Å². The second-order valence-electron chi connectivity index (χ2n) is 7.02. The minimum absolute atomic E-state index is 0. The highest BCUT2D eigenvalue weighted by molar-refractivity contribution is 5.46. The van der Waals surface area contributed by atoms with E-state index < -0.39 is 6.10 Å². The molecular weight excluding hydrogens is 422 g/mol. The minimum atomic E-state index is -0.555. The maximum atomic E-state index is 13.9. The molecule has 1 saturated heterocycles. The number of halogens is 3. The van der Waals surface area contributed by atoms with E-state index in [0.717, 1.165) is 31.9 Å². The van der Waals surface area contributed by atoms with Crippen LogP contribution in [-0.4, -0.2) is 57.3 Å². The van der Waals surface area contributed by atoms with E-state index in [0.29, 0.717) is 23.8 Å². The number of aliphatic hydroxyl groups excluding tert-OH is 1. The third-order valence-corrected chi connectivity index (χ3v) is 5.13. The summed E-state index contributed by atoms with van der Waals surface area (Å²) in [7, 11) is 0. The molecule has 0 amide bonds. The number of benzene rings is 2. The molecule has 0 bridgehead atoms. The van der Waals surface area contributed by atoms with Gasteiger partial charge in [0.25, 0.3) is 0 Å². The SMILES string of the molecule is OC(COc1ccc2c(c1)OCO2)C[NH+]1CC[NH+](c2ccccc2F)CC1.[Cl-].[Cl-]. The van der Waals surface area contributed by atoms with Gasteiger partial charge in [0.2, 0.25) is 6.79 Å². The fraction of sp³-hybridized carbons (Fsp3) is 0.400. The summed E-state index contributed by atoms with van der Waals surface area (Å²) in [4.78, 5) is 2.49. The predicted molar refractivity (Wildman–Crippen MR) is 96.4 cm³/mol. The summed E-state index contributed by atoms with van der Waals surface area (Å²) in [5, 5.41) is 10.3. The first-order valence-corrected chi connectivity index (χ1v) is 9.33. The van der Waals surface area contributed by atoms with Crippen molar-refractivity contribution in [2.45, 2.75) is 6.10 Å². The van der Waals surface area contributed by atoms with Crippen LogP contribution < -0.4 is 48.8 Å². The zero-order chi connectivity index (χ0) is 18.6. The number of piperazine rings is 1. The lowest BCUT2D eigenvalue weighted by Crippen LogP contribution is -3.26. The Balaban J connectivity index is 0.00000150. The molecule has 29 heavy (non-hydrogen) atoms. The predicted octanol–water partition coefficient (Wildman–Crippen LogP) is -6.58. The topological polar surface area (TPSA) is 56.8 Å². The maximum Gasteiger partial charge on any atom is 0.231 e. The van der Waals surface area contributed by atoms with Crippen LogP contribution in [0.2, 0.25) is 0 Å². The van der Waals surface area contributed by atoms with Crippen LogP contribution in [-0.2, 0) is 0 Å². The standard InChI is InChI=1S/C20H23FN2O4.2ClH/c21-17-3-1-2-4-18(17)23-9-7-22(8-10-23)12-15(24)13-25-16-5-6-19-20(11-16)27-14-26-19;;/h1-6,11,15,24H,7-10,12-14H2;2*1H. The average Bonchev–Trinajstić information content (AvgIpc) is 3.15. The van der Waals surface area contributed by atoms with Gasteiger partial charge in [0.15, 0.2) is 23.0 Å². The van der Waals surface area contributed by atoms with Gasteiger partial charge in [-0.05, 0) is 18.2 Å². The fourth-order valence-electron chi connectivity index (χ4n) is 3.68. The van der Waals surface area contributed by atoms with E-state index in [1.807, 2.05) is 18.2 Å². The Morgan fingerprint density at radius 1 is 1.00 bits per heavy atom. The van der Waals surface area contributed by atoms with Crippen LogP contribution in [0.1, 0.15) is 0 Å². The van der Waals surface area contributed by atoms with E-state index in [2.05, 4.69) is 0 Å². The third kappa shape index (κ3) is 5.87. The molecule has 1 fully saturated rings. The van der Waals surface area contributed by atoms with Gasteiger partial charge in [0, 0.05) is 12.1 Å². The molecule has 9 heteroatoms. The second-order valence-corrected chi connectivity index (χ2v) is 7.02. The molecule has 3 N–H and O–H groups in total. The Morgan fingerprint density at radius 3 is 2.48 bits per heavy atom. The van der Waals surface area contributed by atoms with Gasteiger partial charge >= 0.3 is 0 Å². The summed E-state index contributed by atoms with van der Waals surface area (Å²) in [5.74, 6) is 1.89. The van der Waals surface area contributed by atoms with Gasteiger partial charge in [-0.1, -0.05) is 12.1 Å². The molecule has 160 valence electrons. The lowest BCUT2D eigenvalue weighted by molar-refractivity contribution is -0.988. The molecule has 0 spiro atoms. The number of hydrogen-bond acceptors (Lipinski definition) is 4. The summed E-state index contributed by atoms with van der Waals surface area (Å²) in [6.07, 6.45) is -0.555. The largest absolute Gasteiger partial charge is 1.00 e. The number of para-hydroxylation sites is 1. The van der Waals surface area contributed by atoms with Crippen molar-refractivity contribution in [3.05, 3.63) is 48.3 Å². The van der Waals surface area contributed by atoms with Crippen molar-refractivity contribution in [2.24, 2.45) is 0 Å². The van der Waals surface area contributed by atoms with Crippen LogP contribution in [0.25, 0.3) is 0 Å². The zero-order valence-electron chi connectivity index (χ0n) is 15.9. The van der Waals surface area contributed by atoms with E-state index >= 15 is 0 Å². The second kappa shape index (κ2) is 10.8. The molecule has 1 unspecified atom stereocenters. The first-order chi connectivity index (χ1) is 13.2. The fourth-order valence-corrected chi connectivity index (χ4v) is 3.68. The van der Waals surface area contributed by atoms with Crippen molar-refractivity contribution < 1.29 is 58.3 Å². The summed E-state index contributed by atoms with van der Waals surface area (Å²) < 4.78 is 30.2. The van der Waals surface area contributed by atoms with E-state index in [9.17, 15) is 9.50 Å². The van der Waals surface area contributed by atoms with Crippen LogP contribution in [0.15, 0.2) is 42.5 Å². The molecule has 1 atom stereocenters. The zero-order valence-corrected chi connectivity index (χ0v) is 17.4. The molecule has 2 heterocycles. The first kappa shape index (κ1) is 23.5. The van der Waals surface area contributed by atoms with E-state index in [4.69, 9.17) is 14.2 Å². The number of nitrogens with one attached hydrogen (secondary N) is 2. The monoisotopic (exact) mass is 446 g/mol. The smallest absolute Gasteiger partial charge is 0.231 e. The minimum Gasteiger partial charge on any atom is -1.00 e. The summed E-state index contributed by atoms with van der Waals surface area (Å²) >= 11 is 0. The average molecular weight is 447 g/mol. The number of ether oxygens (including phenoxy) is 3. The number of fused-ring (bicyclic) bond motifs is 1. The molecule has 2 aliphatic rings.